The summed E-state index contributed by atoms with van der Waals surface area (Å²) in [6, 6.07) is 22.5. The number of aryl methyl sites for hydroxylation is 2. The zero-order chi connectivity index (χ0) is 16.7. The first-order valence-corrected chi connectivity index (χ1v) is 9.55. The summed E-state index contributed by atoms with van der Waals surface area (Å²) in [6.45, 7) is 8.36. The highest BCUT2D eigenvalue weighted by atomic mass is 32.2. The van der Waals surface area contributed by atoms with Gasteiger partial charge >= 0.3 is 0 Å². The molecule has 0 unspecified atom stereocenters. The van der Waals surface area contributed by atoms with Crippen molar-refractivity contribution in [3.05, 3.63) is 95.1 Å². The smallest absolute Gasteiger partial charge is 0.0985 e. The van der Waals surface area contributed by atoms with Crippen LogP contribution >= 0.6 is 0 Å². The van der Waals surface area contributed by atoms with Crippen molar-refractivity contribution >= 4 is 17.0 Å². The van der Waals surface area contributed by atoms with Gasteiger partial charge in [-0.15, -0.1) is 0 Å². The molecule has 1 aliphatic heterocycles. The SMILES string of the molecule is C=Cc1c(C)cc([S+]2c3ccccc3Cc3ccccc32)cc1C. The molecule has 0 spiro atoms. The van der Waals surface area contributed by atoms with Gasteiger partial charge in [-0.2, -0.15) is 0 Å². The molecule has 118 valence electrons. The summed E-state index contributed by atoms with van der Waals surface area (Å²) in [5, 5.41) is 0. The summed E-state index contributed by atoms with van der Waals surface area (Å²) < 4.78 is 0. The molecule has 0 aliphatic carbocycles. The van der Waals surface area contributed by atoms with Gasteiger partial charge in [0.1, 0.15) is 0 Å². The lowest BCUT2D eigenvalue weighted by Crippen LogP contribution is -2.16. The van der Waals surface area contributed by atoms with Crippen LogP contribution in [0.4, 0.5) is 0 Å². The van der Waals surface area contributed by atoms with Gasteiger partial charge in [-0.25, -0.2) is 0 Å². The van der Waals surface area contributed by atoms with E-state index in [1.54, 1.807) is 0 Å². The summed E-state index contributed by atoms with van der Waals surface area (Å²) in [5.41, 5.74) is 6.81. The molecule has 0 fully saturated rings. The van der Waals surface area contributed by atoms with E-state index in [-0.39, 0.29) is 10.9 Å². The predicted molar refractivity (Wildman–Crippen MR) is 104 cm³/mol. The molecule has 0 N–H and O–H groups in total. The van der Waals surface area contributed by atoms with E-state index in [1.165, 1.54) is 42.5 Å². The third kappa shape index (κ3) is 2.40. The van der Waals surface area contributed by atoms with Crippen molar-refractivity contribution in [3.63, 3.8) is 0 Å². The standard InChI is InChI=1S/C23H21S/c1-4-21-16(2)13-20(14-17(21)3)24-22-11-7-5-9-18(22)15-19-10-6-8-12-23(19)24/h4-14H,1,15H2,2-3H3/q+1. The van der Waals surface area contributed by atoms with E-state index in [2.05, 4.69) is 81.1 Å². The molecule has 1 heteroatoms. The van der Waals surface area contributed by atoms with Crippen LogP contribution in [0.3, 0.4) is 0 Å². The lowest BCUT2D eigenvalue weighted by Gasteiger charge is -2.20. The zero-order valence-corrected chi connectivity index (χ0v) is 15.0. The average Bonchev–Trinajstić information content (AvgIpc) is 2.59. The van der Waals surface area contributed by atoms with Gasteiger partial charge in [-0.1, -0.05) is 49.1 Å². The van der Waals surface area contributed by atoms with Gasteiger partial charge in [0.2, 0.25) is 0 Å². The molecular weight excluding hydrogens is 308 g/mol. The van der Waals surface area contributed by atoms with Crippen molar-refractivity contribution in [2.24, 2.45) is 0 Å². The molecule has 24 heavy (non-hydrogen) atoms. The Morgan fingerprint density at radius 1 is 0.833 bits per heavy atom. The highest BCUT2D eigenvalue weighted by Gasteiger charge is 2.37. The molecule has 1 heterocycles. The summed E-state index contributed by atoms with van der Waals surface area (Å²) >= 11 is 0. The summed E-state index contributed by atoms with van der Waals surface area (Å²) in [4.78, 5) is 4.36. The Balaban J connectivity index is 1.97. The topological polar surface area (TPSA) is 0 Å². The van der Waals surface area contributed by atoms with Crippen LogP contribution in [0.2, 0.25) is 0 Å². The Bertz CT molecular complexity index is 868. The third-order valence-corrected chi connectivity index (χ3v) is 7.16. The lowest BCUT2D eigenvalue weighted by atomic mass is 10.0. The molecule has 0 saturated carbocycles. The van der Waals surface area contributed by atoms with E-state index < -0.39 is 0 Å². The monoisotopic (exact) mass is 329 g/mol. The lowest BCUT2D eigenvalue weighted by molar-refractivity contribution is 1.04. The maximum atomic E-state index is 3.97. The van der Waals surface area contributed by atoms with Crippen LogP contribution in [0.15, 0.2) is 81.9 Å². The molecular formula is C23H21S+. The highest BCUT2D eigenvalue weighted by molar-refractivity contribution is 7.97. The summed E-state index contributed by atoms with van der Waals surface area (Å²) in [5.74, 6) is 0. The van der Waals surface area contributed by atoms with Crippen molar-refractivity contribution in [1.82, 2.24) is 0 Å². The first-order chi connectivity index (χ1) is 11.7. The van der Waals surface area contributed by atoms with Gasteiger partial charge in [-0.3, -0.25) is 0 Å². The Morgan fingerprint density at radius 2 is 1.33 bits per heavy atom. The fourth-order valence-corrected chi connectivity index (χ4v) is 6.22. The van der Waals surface area contributed by atoms with Gasteiger partial charge in [0.15, 0.2) is 14.7 Å². The van der Waals surface area contributed by atoms with Crippen LogP contribution < -0.4 is 0 Å². The molecule has 3 aromatic rings. The van der Waals surface area contributed by atoms with Crippen LogP contribution in [0.5, 0.6) is 0 Å². The van der Waals surface area contributed by atoms with Crippen molar-refractivity contribution in [1.29, 1.82) is 0 Å². The fourth-order valence-electron chi connectivity index (χ4n) is 3.65. The molecule has 0 bridgehead atoms. The predicted octanol–water partition coefficient (Wildman–Crippen LogP) is 5.95. The third-order valence-electron chi connectivity index (χ3n) is 4.77. The number of hydrogen-bond acceptors (Lipinski definition) is 0. The van der Waals surface area contributed by atoms with Crippen molar-refractivity contribution < 1.29 is 0 Å². The summed E-state index contributed by atoms with van der Waals surface area (Å²) in [7, 11) is -0.0230. The minimum atomic E-state index is -0.0230. The van der Waals surface area contributed by atoms with E-state index in [9.17, 15) is 0 Å². The summed E-state index contributed by atoms with van der Waals surface area (Å²) in [6.07, 6.45) is 3.01. The van der Waals surface area contributed by atoms with E-state index in [4.69, 9.17) is 0 Å². The fraction of sp³-hybridized carbons (Fsp3) is 0.130. The molecule has 4 rings (SSSR count). The van der Waals surface area contributed by atoms with E-state index in [1.807, 2.05) is 6.08 Å². The second-order valence-electron chi connectivity index (χ2n) is 6.37. The molecule has 0 saturated heterocycles. The molecule has 1 aliphatic rings. The van der Waals surface area contributed by atoms with Gasteiger partial charge in [0, 0.05) is 17.5 Å². The Labute approximate surface area is 147 Å². The van der Waals surface area contributed by atoms with E-state index >= 15 is 0 Å². The van der Waals surface area contributed by atoms with E-state index in [0.29, 0.717) is 0 Å². The van der Waals surface area contributed by atoms with E-state index in [0.717, 1.165) is 6.42 Å². The normalized spacial score (nSPS) is 13.2. The van der Waals surface area contributed by atoms with Crippen LogP contribution in [0, 0.1) is 13.8 Å². The Morgan fingerprint density at radius 3 is 1.83 bits per heavy atom. The quantitative estimate of drug-likeness (QED) is 0.399. The van der Waals surface area contributed by atoms with Crippen LogP contribution in [-0.4, -0.2) is 0 Å². The number of benzene rings is 3. The van der Waals surface area contributed by atoms with Gasteiger partial charge < -0.3 is 0 Å². The second-order valence-corrected chi connectivity index (χ2v) is 8.34. The molecule has 0 nitrogen and oxygen atoms in total. The van der Waals surface area contributed by atoms with Gasteiger partial charge in [-0.05, 0) is 54.8 Å². The molecule has 0 radical (unpaired) electrons. The van der Waals surface area contributed by atoms with Crippen LogP contribution in [0.25, 0.3) is 6.08 Å². The zero-order valence-electron chi connectivity index (χ0n) is 14.2. The first kappa shape index (κ1) is 15.3. The van der Waals surface area contributed by atoms with Crippen molar-refractivity contribution in [3.8, 4) is 0 Å². The van der Waals surface area contributed by atoms with Gasteiger partial charge in [0.05, 0.1) is 10.9 Å². The number of rotatable bonds is 2. The Hall–Kier alpha value is -2.25. The first-order valence-electron chi connectivity index (χ1n) is 8.33. The number of fused-ring (bicyclic) bond motifs is 2. The second kappa shape index (κ2) is 5.99. The average molecular weight is 329 g/mol. The molecule has 3 aromatic carbocycles. The Kier molecular flexibility index (Phi) is 3.82. The van der Waals surface area contributed by atoms with Crippen molar-refractivity contribution in [2.75, 3.05) is 0 Å². The largest absolute Gasteiger partial charge is 0.170 e. The van der Waals surface area contributed by atoms with Crippen LogP contribution in [-0.2, 0) is 17.3 Å². The maximum absolute atomic E-state index is 3.97. The van der Waals surface area contributed by atoms with Gasteiger partial charge in [0.25, 0.3) is 0 Å². The molecule has 0 aromatic heterocycles. The van der Waals surface area contributed by atoms with Crippen molar-refractivity contribution in [2.45, 2.75) is 35.0 Å². The minimum absolute atomic E-state index is 0.0230. The molecule has 0 amide bonds. The maximum Gasteiger partial charge on any atom is 0.170 e. The number of hydrogen-bond donors (Lipinski definition) is 0. The van der Waals surface area contributed by atoms with Crippen LogP contribution in [0.1, 0.15) is 27.8 Å². The highest BCUT2D eigenvalue weighted by Crippen LogP contribution is 2.41. The molecule has 0 atom stereocenters. The minimum Gasteiger partial charge on any atom is -0.0985 e.